The zero-order valence-electron chi connectivity index (χ0n) is 11.9. The van der Waals surface area contributed by atoms with Gasteiger partial charge in [0.2, 0.25) is 5.91 Å². The Morgan fingerprint density at radius 3 is 2.95 bits per heavy atom. The van der Waals surface area contributed by atoms with E-state index in [0.29, 0.717) is 32.7 Å². The van der Waals surface area contributed by atoms with Crippen LogP contribution in [-0.4, -0.2) is 72.8 Å². The third-order valence-corrected chi connectivity index (χ3v) is 3.70. The molecule has 0 saturated carbocycles. The van der Waals surface area contributed by atoms with Gasteiger partial charge in [-0.25, -0.2) is 0 Å². The van der Waals surface area contributed by atoms with Crippen molar-refractivity contribution < 1.29 is 14.4 Å². The summed E-state index contributed by atoms with van der Waals surface area (Å²) in [5.74, 6) is -1.24. The number of hydrogen-bond donors (Lipinski definition) is 2. The second-order valence-electron chi connectivity index (χ2n) is 5.25. The summed E-state index contributed by atoms with van der Waals surface area (Å²) < 4.78 is 0. The highest BCUT2D eigenvalue weighted by Crippen LogP contribution is 2.13. The van der Waals surface area contributed by atoms with Gasteiger partial charge in [-0.2, -0.15) is 0 Å². The van der Waals surface area contributed by atoms with Crippen LogP contribution in [0.1, 0.15) is 19.8 Å². The monoisotopic (exact) mass is 282 g/mol. The summed E-state index contributed by atoms with van der Waals surface area (Å²) in [5, 5.41) is 5.97. The van der Waals surface area contributed by atoms with Crippen LogP contribution in [0.2, 0.25) is 0 Å². The molecule has 2 N–H and O–H groups in total. The second kappa shape index (κ2) is 6.69. The number of rotatable bonds is 5. The Morgan fingerprint density at radius 2 is 2.20 bits per heavy atom. The van der Waals surface area contributed by atoms with E-state index in [1.54, 1.807) is 4.90 Å². The first-order valence-corrected chi connectivity index (χ1v) is 7.20. The van der Waals surface area contributed by atoms with Gasteiger partial charge < -0.3 is 20.4 Å². The molecule has 2 fully saturated rings. The summed E-state index contributed by atoms with van der Waals surface area (Å²) >= 11 is 0. The largest absolute Gasteiger partial charge is 0.355 e. The topological polar surface area (TPSA) is 81.8 Å². The zero-order chi connectivity index (χ0) is 14.5. The Bertz CT molecular complexity index is 399. The first-order chi connectivity index (χ1) is 9.63. The van der Waals surface area contributed by atoms with Crippen LogP contribution in [0.15, 0.2) is 0 Å². The van der Waals surface area contributed by atoms with Gasteiger partial charge in [0.15, 0.2) is 0 Å². The fourth-order valence-electron chi connectivity index (χ4n) is 2.56. The molecular weight excluding hydrogens is 260 g/mol. The van der Waals surface area contributed by atoms with E-state index in [1.807, 2.05) is 6.92 Å². The van der Waals surface area contributed by atoms with Crippen LogP contribution in [-0.2, 0) is 14.4 Å². The molecule has 0 aliphatic carbocycles. The van der Waals surface area contributed by atoms with Crippen LogP contribution in [0.4, 0.5) is 0 Å². The number of nitrogens with zero attached hydrogens (tertiary/aromatic N) is 2. The van der Waals surface area contributed by atoms with E-state index in [9.17, 15) is 14.4 Å². The first kappa shape index (κ1) is 14.8. The highest BCUT2D eigenvalue weighted by atomic mass is 16.2. The molecule has 7 heteroatoms. The van der Waals surface area contributed by atoms with Crippen LogP contribution in [0.5, 0.6) is 0 Å². The summed E-state index contributed by atoms with van der Waals surface area (Å²) in [6, 6.07) is -0.0163. The average molecular weight is 282 g/mol. The standard InChI is InChI=1S/C13H22N4O3/c1-2-3-4-15-11(18)9-16-8-10-7-14-5-6-17(10)13(20)12(16)19/h10,14H,2-9H2,1H3,(H,15,18). The predicted octanol–water partition coefficient (Wildman–Crippen LogP) is -1.45. The van der Waals surface area contributed by atoms with Crippen LogP contribution >= 0.6 is 0 Å². The summed E-state index contributed by atoms with van der Waals surface area (Å²) in [7, 11) is 0. The lowest BCUT2D eigenvalue weighted by atomic mass is 10.1. The van der Waals surface area contributed by atoms with Crippen molar-refractivity contribution in [2.45, 2.75) is 25.8 Å². The van der Waals surface area contributed by atoms with Crippen molar-refractivity contribution in [2.24, 2.45) is 0 Å². The van der Waals surface area contributed by atoms with Crippen LogP contribution in [0.25, 0.3) is 0 Å². The molecule has 7 nitrogen and oxygen atoms in total. The van der Waals surface area contributed by atoms with Crippen LogP contribution < -0.4 is 10.6 Å². The molecule has 2 aliphatic heterocycles. The third-order valence-electron chi connectivity index (χ3n) is 3.70. The Labute approximate surface area is 118 Å². The van der Waals surface area contributed by atoms with Gasteiger partial charge in [0.05, 0.1) is 6.04 Å². The molecule has 1 unspecified atom stereocenters. The second-order valence-corrected chi connectivity index (χ2v) is 5.25. The van der Waals surface area contributed by atoms with Crippen LogP contribution in [0.3, 0.4) is 0 Å². The lowest BCUT2D eigenvalue weighted by Gasteiger charge is -2.43. The van der Waals surface area contributed by atoms with Gasteiger partial charge in [-0.1, -0.05) is 13.3 Å². The Morgan fingerprint density at radius 1 is 1.40 bits per heavy atom. The lowest BCUT2D eigenvalue weighted by Crippen LogP contribution is -2.66. The zero-order valence-corrected chi connectivity index (χ0v) is 11.9. The fraction of sp³-hybridized carbons (Fsp3) is 0.769. The van der Waals surface area contributed by atoms with E-state index in [0.717, 1.165) is 12.8 Å². The highest BCUT2D eigenvalue weighted by molar-refractivity contribution is 6.35. The first-order valence-electron chi connectivity index (χ1n) is 7.20. The number of nitrogens with one attached hydrogen (secondary N) is 2. The summed E-state index contributed by atoms with van der Waals surface area (Å²) in [6.45, 7) is 5.01. The van der Waals surface area contributed by atoms with Gasteiger partial charge in [-0.05, 0) is 6.42 Å². The quantitative estimate of drug-likeness (QED) is 0.477. The normalized spacial score (nSPS) is 22.8. The molecule has 20 heavy (non-hydrogen) atoms. The number of piperazine rings is 2. The van der Waals surface area contributed by atoms with Crippen molar-refractivity contribution in [1.82, 2.24) is 20.4 Å². The van der Waals surface area contributed by atoms with Crippen molar-refractivity contribution in [1.29, 1.82) is 0 Å². The molecule has 2 saturated heterocycles. The summed E-state index contributed by atoms with van der Waals surface area (Å²) in [4.78, 5) is 38.7. The molecule has 1 atom stereocenters. The number of carbonyl (C=O) groups is 3. The number of unbranched alkanes of at least 4 members (excludes halogenated alkanes) is 1. The van der Waals surface area contributed by atoms with Crippen LogP contribution in [0, 0.1) is 0 Å². The van der Waals surface area contributed by atoms with E-state index < -0.39 is 11.8 Å². The number of carbonyl (C=O) groups excluding carboxylic acids is 3. The SMILES string of the molecule is CCCCNC(=O)CN1CC2CNCCN2C(=O)C1=O. The number of amides is 3. The predicted molar refractivity (Wildman–Crippen MR) is 72.9 cm³/mol. The van der Waals surface area contributed by atoms with Gasteiger partial charge in [-0.15, -0.1) is 0 Å². The van der Waals surface area contributed by atoms with Gasteiger partial charge in [0.25, 0.3) is 0 Å². The molecule has 2 rings (SSSR count). The van der Waals surface area contributed by atoms with Gasteiger partial charge in [0.1, 0.15) is 6.54 Å². The molecule has 2 heterocycles. The molecule has 3 amide bonds. The molecule has 0 aromatic rings. The van der Waals surface area contributed by atoms with E-state index in [1.165, 1.54) is 4.90 Å². The molecule has 112 valence electrons. The van der Waals surface area contributed by atoms with Crippen molar-refractivity contribution in [3.63, 3.8) is 0 Å². The molecule has 2 aliphatic rings. The molecule has 0 aromatic carbocycles. The van der Waals surface area contributed by atoms with Crippen molar-refractivity contribution in [3.8, 4) is 0 Å². The number of fused-ring (bicyclic) bond motifs is 1. The Hall–Kier alpha value is -1.63. The van der Waals surface area contributed by atoms with Gasteiger partial charge in [0, 0.05) is 32.7 Å². The minimum atomic E-state index is -0.561. The van der Waals surface area contributed by atoms with E-state index in [-0.39, 0.29) is 18.5 Å². The maximum absolute atomic E-state index is 12.0. The highest BCUT2D eigenvalue weighted by Gasteiger charge is 2.40. The molecule has 0 bridgehead atoms. The molecule has 0 radical (unpaired) electrons. The lowest BCUT2D eigenvalue weighted by molar-refractivity contribution is -0.160. The Balaban J connectivity index is 1.89. The minimum absolute atomic E-state index is 0.0163. The smallest absolute Gasteiger partial charge is 0.312 e. The maximum atomic E-state index is 12.0. The fourth-order valence-corrected chi connectivity index (χ4v) is 2.56. The van der Waals surface area contributed by atoms with E-state index >= 15 is 0 Å². The number of hydrogen-bond acceptors (Lipinski definition) is 4. The molecule has 0 aromatic heterocycles. The maximum Gasteiger partial charge on any atom is 0.312 e. The average Bonchev–Trinajstić information content (AvgIpc) is 2.45. The van der Waals surface area contributed by atoms with Crippen molar-refractivity contribution in [3.05, 3.63) is 0 Å². The van der Waals surface area contributed by atoms with Crippen molar-refractivity contribution in [2.75, 3.05) is 39.3 Å². The Kier molecular flexibility index (Phi) is 4.94. The molecular formula is C13H22N4O3. The van der Waals surface area contributed by atoms with E-state index in [4.69, 9.17) is 0 Å². The van der Waals surface area contributed by atoms with Gasteiger partial charge >= 0.3 is 11.8 Å². The summed E-state index contributed by atoms with van der Waals surface area (Å²) in [6.07, 6.45) is 1.92. The third kappa shape index (κ3) is 3.27. The molecule has 0 spiro atoms. The van der Waals surface area contributed by atoms with Gasteiger partial charge in [-0.3, -0.25) is 14.4 Å². The summed E-state index contributed by atoms with van der Waals surface area (Å²) in [5.41, 5.74) is 0. The van der Waals surface area contributed by atoms with Crippen molar-refractivity contribution >= 4 is 17.7 Å². The minimum Gasteiger partial charge on any atom is -0.355 e. The van der Waals surface area contributed by atoms with E-state index in [2.05, 4.69) is 10.6 Å².